The molecule has 4 aromatic rings. The molecule has 0 atom stereocenters. The fourth-order valence-electron chi connectivity index (χ4n) is 2.92. The van der Waals surface area contributed by atoms with E-state index in [1.165, 1.54) is 30.5 Å². The van der Waals surface area contributed by atoms with E-state index in [0.717, 1.165) is 10.9 Å². The molecular weight excluding hydrogens is 416 g/mol. The number of nitrogens with one attached hydrogen (secondary N) is 1. The van der Waals surface area contributed by atoms with Crippen molar-refractivity contribution in [2.75, 3.05) is 5.32 Å². The van der Waals surface area contributed by atoms with Gasteiger partial charge >= 0.3 is 0 Å². The summed E-state index contributed by atoms with van der Waals surface area (Å²) in [6.45, 7) is 1.39. The number of hydrogen-bond donors (Lipinski definition) is 2. The van der Waals surface area contributed by atoms with Crippen molar-refractivity contribution in [2.24, 2.45) is 0 Å². The molecule has 1 aromatic carbocycles. The molecule has 0 aliphatic rings. The van der Waals surface area contributed by atoms with Crippen molar-refractivity contribution >= 4 is 34.9 Å². The molecule has 11 heteroatoms. The van der Waals surface area contributed by atoms with Crippen LogP contribution in [0.25, 0.3) is 16.6 Å². The zero-order valence-electron chi connectivity index (χ0n) is 15.5. The first-order valence-corrected chi connectivity index (χ1v) is 8.45. The Hall–Kier alpha value is -3.68. The van der Waals surface area contributed by atoms with Crippen LogP contribution in [0.15, 0.2) is 36.7 Å². The molecule has 30 heavy (non-hydrogen) atoms. The Labute approximate surface area is 175 Å². The molecular formula is C19H14ClF2N7O. The predicted octanol–water partition coefficient (Wildman–Crippen LogP) is 3.33. The van der Waals surface area contributed by atoms with Gasteiger partial charge in [0.1, 0.15) is 40.6 Å². The van der Waals surface area contributed by atoms with Crippen LogP contribution in [0.4, 0.5) is 20.4 Å². The van der Waals surface area contributed by atoms with Crippen LogP contribution in [0.3, 0.4) is 0 Å². The number of aliphatic hydroxyl groups is 1. The third kappa shape index (κ3) is 3.76. The topological polar surface area (TPSA) is 113 Å². The van der Waals surface area contributed by atoms with Crippen LogP contribution in [0.5, 0.6) is 0 Å². The minimum absolute atomic E-state index is 0. The van der Waals surface area contributed by atoms with Gasteiger partial charge in [0, 0.05) is 12.3 Å². The molecule has 0 saturated heterocycles. The fourth-order valence-corrected chi connectivity index (χ4v) is 2.92. The summed E-state index contributed by atoms with van der Waals surface area (Å²) in [5, 5.41) is 25.9. The quantitative estimate of drug-likeness (QED) is 0.511. The summed E-state index contributed by atoms with van der Waals surface area (Å²) in [4.78, 5) is 12.3. The Morgan fingerprint density at radius 3 is 2.77 bits per heavy atom. The van der Waals surface area contributed by atoms with E-state index in [-0.39, 0.29) is 47.0 Å². The van der Waals surface area contributed by atoms with Crippen molar-refractivity contribution in [1.29, 1.82) is 5.26 Å². The number of pyridine rings is 1. The predicted molar refractivity (Wildman–Crippen MR) is 107 cm³/mol. The Bertz CT molecular complexity index is 1290. The molecule has 3 aromatic heterocycles. The van der Waals surface area contributed by atoms with Crippen LogP contribution < -0.4 is 5.32 Å². The molecule has 3 heterocycles. The van der Waals surface area contributed by atoms with Crippen molar-refractivity contribution in [3.05, 3.63) is 65.4 Å². The van der Waals surface area contributed by atoms with Gasteiger partial charge in [0.2, 0.25) is 0 Å². The Morgan fingerprint density at radius 2 is 2.03 bits per heavy atom. The number of aromatic nitrogens is 5. The highest BCUT2D eigenvalue weighted by Crippen LogP contribution is 2.28. The monoisotopic (exact) mass is 429 g/mol. The van der Waals surface area contributed by atoms with E-state index in [1.54, 1.807) is 6.92 Å². The number of fused-ring (bicyclic) bond motifs is 1. The van der Waals surface area contributed by atoms with Gasteiger partial charge in [-0.1, -0.05) is 6.07 Å². The number of benzene rings is 1. The number of anilines is 2. The van der Waals surface area contributed by atoms with Gasteiger partial charge in [-0.2, -0.15) is 10.4 Å². The summed E-state index contributed by atoms with van der Waals surface area (Å²) in [7, 11) is 0. The fraction of sp³-hybridized carbons (Fsp3) is 0.105. The van der Waals surface area contributed by atoms with Gasteiger partial charge in [0.15, 0.2) is 5.82 Å². The smallest absolute Gasteiger partial charge is 0.169 e. The Balaban J connectivity index is 0.00000256. The molecule has 8 nitrogen and oxygen atoms in total. The highest BCUT2D eigenvalue weighted by Gasteiger charge is 2.17. The van der Waals surface area contributed by atoms with Crippen LogP contribution in [0, 0.1) is 29.9 Å². The van der Waals surface area contributed by atoms with Gasteiger partial charge in [-0.05, 0) is 19.1 Å². The molecule has 4 rings (SSSR count). The zero-order chi connectivity index (χ0) is 20.5. The molecule has 0 amide bonds. The van der Waals surface area contributed by atoms with E-state index >= 15 is 0 Å². The highest BCUT2D eigenvalue weighted by atomic mass is 35.5. The lowest BCUT2D eigenvalue weighted by Gasteiger charge is -2.08. The van der Waals surface area contributed by atoms with Crippen LogP contribution in [-0.4, -0.2) is 29.8 Å². The average molecular weight is 430 g/mol. The summed E-state index contributed by atoms with van der Waals surface area (Å²) >= 11 is 0. The van der Waals surface area contributed by atoms with Crippen LogP contribution >= 0.6 is 12.4 Å². The van der Waals surface area contributed by atoms with E-state index in [2.05, 4.69) is 25.4 Å². The van der Waals surface area contributed by atoms with Crippen molar-refractivity contribution in [2.45, 2.75) is 13.5 Å². The number of para-hydroxylation sites is 1. The van der Waals surface area contributed by atoms with Crippen molar-refractivity contribution < 1.29 is 13.9 Å². The third-order valence-electron chi connectivity index (χ3n) is 4.14. The van der Waals surface area contributed by atoms with Gasteiger partial charge in [-0.15, -0.1) is 12.4 Å². The normalized spacial score (nSPS) is 10.5. The van der Waals surface area contributed by atoms with Crippen molar-refractivity contribution in [1.82, 2.24) is 24.7 Å². The first-order chi connectivity index (χ1) is 14.0. The SMILES string of the molecule is Cc1nc(CO)cc(Nc2ncc(F)c3nn(-c4c(F)cccc4C#N)cc23)n1.Cl. The average Bonchev–Trinajstić information content (AvgIpc) is 3.15. The molecule has 0 unspecified atom stereocenters. The maximum Gasteiger partial charge on any atom is 0.169 e. The minimum atomic E-state index is -0.700. The number of aliphatic hydroxyl groups excluding tert-OH is 1. The van der Waals surface area contributed by atoms with Gasteiger partial charge < -0.3 is 10.4 Å². The maximum atomic E-state index is 14.3. The molecule has 0 aliphatic carbocycles. The lowest BCUT2D eigenvalue weighted by Crippen LogP contribution is -2.02. The summed E-state index contributed by atoms with van der Waals surface area (Å²) in [6, 6.07) is 7.47. The lowest BCUT2D eigenvalue weighted by atomic mass is 10.2. The summed E-state index contributed by atoms with van der Waals surface area (Å²) in [5.74, 6) is -0.367. The van der Waals surface area contributed by atoms with Gasteiger partial charge in [-0.25, -0.2) is 28.4 Å². The molecule has 0 radical (unpaired) electrons. The number of aryl methyl sites for hydroxylation is 1. The number of hydrogen-bond acceptors (Lipinski definition) is 7. The van der Waals surface area contributed by atoms with E-state index in [9.17, 15) is 19.1 Å². The molecule has 0 saturated carbocycles. The molecule has 0 bridgehead atoms. The minimum Gasteiger partial charge on any atom is -0.390 e. The van der Waals surface area contributed by atoms with Gasteiger partial charge in [0.25, 0.3) is 0 Å². The summed E-state index contributed by atoms with van der Waals surface area (Å²) < 4.78 is 29.8. The van der Waals surface area contributed by atoms with Crippen LogP contribution in [-0.2, 0) is 6.61 Å². The molecule has 0 spiro atoms. The Kier molecular flexibility index (Phi) is 5.86. The number of nitrogens with zero attached hydrogens (tertiary/aromatic N) is 6. The second-order valence-corrected chi connectivity index (χ2v) is 6.11. The molecule has 2 N–H and O–H groups in total. The van der Waals surface area contributed by atoms with E-state index in [4.69, 9.17) is 0 Å². The van der Waals surface area contributed by atoms with Crippen molar-refractivity contribution in [3.63, 3.8) is 0 Å². The number of nitriles is 1. The van der Waals surface area contributed by atoms with Gasteiger partial charge in [-0.3, -0.25) is 0 Å². The largest absolute Gasteiger partial charge is 0.390 e. The van der Waals surface area contributed by atoms with E-state index in [1.807, 2.05) is 6.07 Å². The van der Waals surface area contributed by atoms with Gasteiger partial charge in [0.05, 0.1) is 29.4 Å². The van der Waals surface area contributed by atoms with Crippen LogP contribution in [0.1, 0.15) is 17.1 Å². The first-order valence-electron chi connectivity index (χ1n) is 8.45. The lowest BCUT2D eigenvalue weighted by molar-refractivity contribution is 0.276. The molecule has 0 fully saturated rings. The second-order valence-electron chi connectivity index (χ2n) is 6.11. The number of rotatable bonds is 4. The maximum absolute atomic E-state index is 14.3. The standard InChI is InChI=1S/C19H13F2N7O.ClH/c1-10-24-12(9-29)5-16(25-10)26-19-13-8-28(27-17(13)15(21)7-23-19)18-11(6-22)3-2-4-14(18)20;/h2-5,7-8,29H,9H2,1H3,(H,23,24,25,26);1H. The number of halogens is 3. The second kappa shape index (κ2) is 8.36. The summed E-state index contributed by atoms with van der Waals surface area (Å²) in [5.41, 5.74) is 0.318. The van der Waals surface area contributed by atoms with Crippen molar-refractivity contribution in [3.8, 4) is 11.8 Å². The Morgan fingerprint density at radius 1 is 1.23 bits per heavy atom. The molecule has 152 valence electrons. The first kappa shape index (κ1) is 21.0. The van der Waals surface area contributed by atoms with E-state index < -0.39 is 11.6 Å². The zero-order valence-corrected chi connectivity index (χ0v) is 16.3. The van der Waals surface area contributed by atoms with Crippen LogP contribution in [0.2, 0.25) is 0 Å². The van der Waals surface area contributed by atoms with E-state index in [0.29, 0.717) is 17.3 Å². The highest BCUT2D eigenvalue weighted by molar-refractivity contribution is 5.91. The summed E-state index contributed by atoms with van der Waals surface area (Å²) in [6.07, 6.45) is 2.36. The molecule has 0 aliphatic heterocycles. The third-order valence-corrected chi connectivity index (χ3v) is 4.14.